The van der Waals surface area contributed by atoms with Crippen LogP contribution in [-0.4, -0.2) is 47.0 Å². The number of rotatable bonds is 4. The lowest BCUT2D eigenvalue weighted by Crippen LogP contribution is -2.31. The lowest BCUT2D eigenvalue weighted by atomic mass is 9.92. The number of imidazole rings is 1. The maximum atomic E-state index is 10.7. The Morgan fingerprint density at radius 1 is 1.18 bits per heavy atom. The molecule has 3 aromatic rings. The molecule has 0 saturated heterocycles. The Kier molecular flexibility index (Phi) is 5.00. The minimum atomic E-state index is -1.12. The number of aliphatic hydroxyl groups excluding tert-OH is 3. The summed E-state index contributed by atoms with van der Waals surface area (Å²) in [5.41, 5.74) is 2.11. The summed E-state index contributed by atoms with van der Waals surface area (Å²) in [7, 11) is 0. The first kappa shape index (κ1) is 18.8. The molecule has 8 nitrogen and oxygen atoms in total. The smallest absolute Gasteiger partial charge is 0.163 e. The van der Waals surface area contributed by atoms with Gasteiger partial charge in [0.15, 0.2) is 5.65 Å². The van der Waals surface area contributed by atoms with E-state index in [2.05, 4.69) is 15.0 Å². The molecule has 2 heterocycles. The highest BCUT2D eigenvalue weighted by atomic mass is 35.5. The molecule has 1 fully saturated rings. The van der Waals surface area contributed by atoms with E-state index in [-0.39, 0.29) is 6.42 Å². The number of aliphatic hydroxyl groups is 3. The van der Waals surface area contributed by atoms with Crippen LogP contribution in [0.4, 0.5) is 0 Å². The fourth-order valence-electron chi connectivity index (χ4n) is 3.89. The Morgan fingerprint density at radius 2 is 1.93 bits per heavy atom. The lowest BCUT2D eigenvalue weighted by molar-refractivity contribution is -0.0264. The largest absolute Gasteiger partial charge is 0.390 e. The second kappa shape index (κ2) is 7.45. The van der Waals surface area contributed by atoms with Crippen molar-refractivity contribution in [1.82, 2.24) is 19.5 Å². The number of benzene rings is 1. The summed E-state index contributed by atoms with van der Waals surface area (Å²) in [6.07, 6.45) is 0.139. The minimum absolute atomic E-state index is 0.101. The van der Waals surface area contributed by atoms with Crippen molar-refractivity contribution in [3.63, 3.8) is 0 Å². The van der Waals surface area contributed by atoms with E-state index in [1.807, 2.05) is 6.07 Å². The standard InChI is InChI=1S/C19H18ClN5O3/c20-11-3-1-10(2-4-11)16(26)12-7-14(18(28)17(12)27)25-9-24-15-13(5-6-21)22-8-23-19(15)25/h1-4,8-9,12,14,16-18,26-28H,5,7H2/t12-,14-,16?,17-,18+/m1/s1. The number of hydrogen-bond donors (Lipinski definition) is 3. The van der Waals surface area contributed by atoms with Crippen LogP contribution in [0.2, 0.25) is 5.02 Å². The van der Waals surface area contributed by atoms with Gasteiger partial charge in [0.05, 0.1) is 42.8 Å². The highest BCUT2D eigenvalue weighted by Gasteiger charge is 2.46. The van der Waals surface area contributed by atoms with E-state index in [0.29, 0.717) is 33.9 Å². The Hall–Kier alpha value is -2.57. The van der Waals surface area contributed by atoms with Crippen molar-refractivity contribution in [3.05, 3.63) is 53.2 Å². The van der Waals surface area contributed by atoms with Crippen molar-refractivity contribution < 1.29 is 15.3 Å². The quantitative estimate of drug-likeness (QED) is 0.607. The van der Waals surface area contributed by atoms with Gasteiger partial charge in [-0.3, -0.25) is 0 Å². The van der Waals surface area contributed by atoms with Gasteiger partial charge in [0.25, 0.3) is 0 Å². The Balaban J connectivity index is 1.65. The Bertz CT molecular complexity index is 1030. The fraction of sp³-hybridized carbons (Fsp3) is 0.368. The van der Waals surface area contributed by atoms with Crippen molar-refractivity contribution in [2.24, 2.45) is 5.92 Å². The zero-order valence-electron chi connectivity index (χ0n) is 14.7. The van der Waals surface area contributed by atoms with Crippen molar-refractivity contribution in [1.29, 1.82) is 5.26 Å². The van der Waals surface area contributed by atoms with Gasteiger partial charge in [-0.15, -0.1) is 0 Å². The molecule has 4 rings (SSSR count). The van der Waals surface area contributed by atoms with E-state index in [1.165, 1.54) is 12.7 Å². The van der Waals surface area contributed by atoms with E-state index >= 15 is 0 Å². The van der Waals surface area contributed by atoms with Crippen LogP contribution in [0.25, 0.3) is 11.2 Å². The van der Waals surface area contributed by atoms with E-state index in [0.717, 1.165) is 0 Å². The molecule has 0 spiro atoms. The molecule has 0 bridgehead atoms. The first-order valence-corrected chi connectivity index (χ1v) is 9.22. The van der Waals surface area contributed by atoms with Gasteiger partial charge < -0.3 is 19.9 Å². The summed E-state index contributed by atoms with van der Waals surface area (Å²) >= 11 is 5.90. The Labute approximate surface area is 165 Å². The van der Waals surface area contributed by atoms with Crippen LogP contribution in [0.5, 0.6) is 0 Å². The first-order chi connectivity index (χ1) is 13.5. The van der Waals surface area contributed by atoms with Crippen molar-refractivity contribution in [2.75, 3.05) is 0 Å². The number of fused-ring (bicyclic) bond motifs is 1. The molecular formula is C19H18ClN5O3. The van der Waals surface area contributed by atoms with E-state index in [1.54, 1.807) is 28.8 Å². The topological polar surface area (TPSA) is 128 Å². The third kappa shape index (κ3) is 3.12. The van der Waals surface area contributed by atoms with Gasteiger partial charge in [-0.25, -0.2) is 15.0 Å². The van der Waals surface area contributed by atoms with E-state index in [9.17, 15) is 15.3 Å². The molecule has 9 heteroatoms. The van der Waals surface area contributed by atoms with Crippen LogP contribution in [0.1, 0.15) is 29.8 Å². The van der Waals surface area contributed by atoms with E-state index < -0.39 is 30.3 Å². The van der Waals surface area contributed by atoms with Gasteiger partial charge in [-0.1, -0.05) is 23.7 Å². The molecule has 1 aliphatic rings. The van der Waals surface area contributed by atoms with Crippen molar-refractivity contribution in [2.45, 2.75) is 37.2 Å². The van der Waals surface area contributed by atoms with Gasteiger partial charge in [0, 0.05) is 10.9 Å². The summed E-state index contributed by atoms with van der Waals surface area (Å²) in [6, 6.07) is 8.28. The molecule has 1 aliphatic carbocycles. The molecule has 0 aliphatic heterocycles. The van der Waals surface area contributed by atoms with Gasteiger partial charge in [0.1, 0.15) is 17.9 Å². The summed E-state index contributed by atoms with van der Waals surface area (Å²) in [6.45, 7) is 0. The fourth-order valence-corrected chi connectivity index (χ4v) is 4.01. The summed E-state index contributed by atoms with van der Waals surface area (Å²) in [5, 5.41) is 41.5. The average molecular weight is 400 g/mol. The molecule has 0 radical (unpaired) electrons. The number of halogens is 1. The first-order valence-electron chi connectivity index (χ1n) is 8.84. The second-order valence-electron chi connectivity index (χ2n) is 6.92. The van der Waals surface area contributed by atoms with Crippen LogP contribution < -0.4 is 0 Å². The third-order valence-electron chi connectivity index (χ3n) is 5.35. The molecule has 5 atom stereocenters. The van der Waals surface area contributed by atoms with Gasteiger partial charge in [-0.05, 0) is 24.1 Å². The highest BCUT2D eigenvalue weighted by molar-refractivity contribution is 6.30. The van der Waals surface area contributed by atoms with Crippen LogP contribution in [0.3, 0.4) is 0 Å². The van der Waals surface area contributed by atoms with E-state index in [4.69, 9.17) is 16.9 Å². The predicted octanol–water partition coefficient (Wildman–Crippen LogP) is 1.56. The zero-order chi connectivity index (χ0) is 19.8. The second-order valence-corrected chi connectivity index (χ2v) is 7.36. The van der Waals surface area contributed by atoms with Crippen LogP contribution in [0, 0.1) is 17.2 Å². The normalized spacial score (nSPS) is 25.7. The van der Waals surface area contributed by atoms with Crippen LogP contribution >= 0.6 is 11.6 Å². The third-order valence-corrected chi connectivity index (χ3v) is 5.60. The van der Waals surface area contributed by atoms with Gasteiger partial charge in [-0.2, -0.15) is 5.26 Å². The van der Waals surface area contributed by atoms with Gasteiger partial charge in [0.2, 0.25) is 0 Å². The van der Waals surface area contributed by atoms with Crippen LogP contribution in [-0.2, 0) is 6.42 Å². The molecule has 1 unspecified atom stereocenters. The lowest BCUT2D eigenvalue weighted by Gasteiger charge is -2.22. The maximum Gasteiger partial charge on any atom is 0.163 e. The monoisotopic (exact) mass is 399 g/mol. The summed E-state index contributed by atoms with van der Waals surface area (Å²) in [5.74, 6) is -0.570. The van der Waals surface area contributed by atoms with Crippen molar-refractivity contribution in [3.8, 4) is 6.07 Å². The molecular weight excluding hydrogens is 382 g/mol. The highest BCUT2D eigenvalue weighted by Crippen LogP contribution is 2.43. The van der Waals surface area contributed by atoms with Gasteiger partial charge >= 0.3 is 0 Å². The number of nitrogens with zero attached hydrogens (tertiary/aromatic N) is 5. The summed E-state index contributed by atoms with van der Waals surface area (Å²) < 4.78 is 1.68. The Morgan fingerprint density at radius 3 is 2.64 bits per heavy atom. The number of hydrogen-bond acceptors (Lipinski definition) is 7. The molecule has 2 aromatic heterocycles. The molecule has 144 valence electrons. The zero-order valence-corrected chi connectivity index (χ0v) is 15.5. The number of nitriles is 1. The van der Waals surface area contributed by atoms with Crippen LogP contribution in [0.15, 0.2) is 36.9 Å². The number of aromatic nitrogens is 4. The molecule has 28 heavy (non-hydrogen) atoms. The van der Waals surface area contributed by atoms with Crippen molar-refractivity contribution >= 4 is 22.8 Å². The molecule has 0 amide bonds. The average Bonchev–Trinajstić information content (AvgIpc) is 3.25. The molecule has 3 N–H and O–H groups in total. The molecule has 1 saturated carbocycles. The summed E-state index contributed by atoms with van der Waals surface area (Å²) in [4.78, 5) is 12.6. The predicted molar refractivity (Wildman–Crippen MR) is 100 cm³/mol. The maximum absolute atomic E-state index is 10.7. The minimum Gasteiger partial charge on any atom is -0.390 e. The molecule has 1 aromatic carbocycles. The SMILES string of the molecule is N#CCc1ncnc2c1ncn2[C@@H]1C[C@H](C(O)c2ccc(Cl)cc2)[C@@H](O)[C@H]1O.